The molecule has 0 aromatic carbocycles. The predicted octanol–water partition coefficient (Wildman–Crippen LogP) is 3.70. The Kier molecular flexibility index (Phi) is 56.2. The Morgan fingerprint density at radius 2 is 0.885 bits per heavy atom. The molecule has 0 rings (SSSR count). The molecule has 160 valence electrons. The first-order valence-corrected chi connectivity index (χ1v) is 9.46. The minimum Gasteiger partial charge on any atom is -0.412 e. The van der Waals surface area contributed by atoms with E-state index in [0.29, 0.717) is 6.42 Å². The van der Waals surface area contributed by atoms with Gasteiger partial charge in [0, 0.05) is 28.1 Å². The van der Waals surface area contributed by atoms with Crippen LogP contribution in [0.4, 0.5) is 0 Å². The van der Waals surface area contributed by atoms with Gasteiger partial charge in [-0.2, -0.15) is 0 Å². The van der Waals surface area contributed by atoms with E-state index in [2.05, 4.69) is 13.5 Å². The summed E-state index contributed by atoms with van der Waals surface area (Å²) in [5.41, 5.74) is 0. The standard InChI is InChI=1S/C20H38O.4H2O.Ti/c1-3-5-6-7-8-9-10-11-12-13-14-15-16-17-18-19-20(21)4-2;;;;;/h4H,2-3,5-19H2,1H3;4*1H2;. The van der Waals surface area contributed by atoms with E-state index < -0.39 is 0 Å². The zero-order valence-electron chi connectivity index (χ0n) is 17.0. The Hall–Kier alpha value is -0.0357. The van der Waals surface area contributed by atoms with Crippen LogP contribution in [-0.4, -0.2) is 27.7 Å². The van der Waals surface area contributed by atoms with Crippen LogP contribution in [0, 0.1) is 0 Å². The maximum atomic E-state index is 11.0. The summed E-state index contributed by atoms with van der Waals surface area (Å²) < 4.78 is 0. The van der Waals surface area contributed by atoms with E-state index in [9.17, 15) is 4.79 Å². The van der Waals surface area contributed by atoms with Gasteiger partial charge in [-0.15, -0.1) is 0 Å². The number of unbranched alkanes of at least 4 members (excludes halogenated alkanes) is 14. The molecule has 8 N–H and O–H groups in total. The summed E-state index contributed by atoms with van der Waals surface area (Å²) >= 11 is 0. The largest absolute Gasteiger partial charge is 0.412 e. The molecule has 0 saturated heterocycles. The van der Waals surface area contributed by atoms with Crippen molar-refractivity contribution < 1.29 is 48.4 Å². The third kappa shape index (κ3) is 35.1. The fourth-order valence-corrected chi connectivity index (χ4v) is 2.77. The van der Waals surface area contributed by atoms with Crippen molar-refractivity contribution in [3.8, 4) is 0 Å². The minimum absolute atomic E-state index is 0. The molecule has 5 nitrogen and oxygen atoms in total. The third-order valence-corrected chi connectivity index (χ3v) is 4.25. The molecular weight excluding hydrogens is 368 g/mol. The summed E-state index contributed by atoms with van der Waals surface area (Å²) in [6.07, 6.45) is 22.7. The van der Waals surface area contributed by atoms with E-state index in [1.165, 1.54) is 96.0 Å². The van der Waals surface area contributed by atoms with Crippen LogP contribution in [0.2, 0.25) is 0 Å². The molecule has 0 unspecified atom stereocenters. The summed E-state index contributed by atoms with van der Waals surface area (Å²) in [5.74, 6) is 0.199. The number of allylic oxidation sites excluding steroid dienone is 1. The van der Waals surface area contributed by atoms with Crippen molar-refractivity contribution in [2.24, 2.45) is 0 Å². The molecule has 0 amide bonds. The Bertz CT molecular complexity index is 250. The van der Waals surface area contributed by atoms with Gasteiger partial charge in [-0.3, -0.25) is 4.79 Å². The van der Waals surface area contributed by atoms with Crippen molar-refractivity contribution in [2.45, 2.75) is 110 Å². The molecule has 0 saturated carbocycles. The van der Waals surface area contributed by atoms with Crippen LogP contribution in [-0.2, 0) is 26.5 Å². The second-order valence-corrected chi connectivity index (χ2v) is 6.37. The summed E-state index contributed by atoms with van der Waals surface area (Å²) in [6.45, 7) is 5.78. The van der Waals surface area contributed by atoms with Crippen molar-refractivity contribution in [1.82, 2.24) is 0 Å². The number of ketones is 1. The maximum absolute atomic E-state index is 11.0. The minimum atomic E-state index is 0. The molecule has 0 atom stereocenters. The van der Waals surface area contributed by atoms with E-state index in [4.69, 9.17) is 0 Å². The number of carbonyl (C=O) groups is 1. The Labute approximate surface area is 176 Å². The Morgan fingerprint density at radius 3 is 1.15 bits per heavy atom. The maximum Gasteiger partial charge on any atom is 0.155 e. The van der Waals surface area contributed by atoms with Crippen molar-refractivity contribution in [2.75, 3.05) is 0 Å². The fraction of sp³-hybridized carbons (Fsp3) is 0.850. The van der Waals surface area contributed by atoms with Crippen LogP contribution >= 0.6 is 0 Å². The van der Waals surface area contributed by atoms with Crippen LogP contribution in [0.5, 0.6) is 0 Å². The zero-order valence-corrected chi connectivity index (χ0v) is 18.6. The first-order chi connectivity index (χ1) is 10.3. The predicted molar refractivity (Wildman–Crippen MR) is 109 cm³/mol. The number of hydrogen-bond donors (Lipinski definition) is 0. The average Bonchev–Trinajstić information content (AvgIpc) is 2.50. The van der Waals surface area contributed by atoms with Crippen LogP contribution in [0.3, 0.4) is 0 Å². The average molecular weight is 414 g/mol. The molecule has 0 fully saturated rings. The summed E-state index contributed by atoms with van der Waals surface area (Å²) in [7, 11) is 0. The number of carbonyl (C=O) groups excluding carboxylic acids is 1. The third-order valence-electron chi connectivity index (χ3n) is 4.25. The van der Waals surface area contributed by atoms with Gasteiger partial charge in [0.05, 0.1) is 0 Å². The van der Waals surface area contributed by atoms with Gasteiger partial charge in [-0.25, -0.2) is 0 Å². The molecule has 0 spiro atoms. The van der Waals surface area contributed by atoms with Gasteiger partial charge < -0.3 is 21.9 Å². The van der Waals surface area contributed by atoms with Crippen LogP contribution in [0.1, 0.15) is 110 Å². The summed E-state index contributed by atoms with van der Waals surface area (Å²) in [4.78, 5) is 11.0. The van der Waals surface area contributed by atoms with Crippen molar-refractivity contribution in [3.05, 3.63) is 12.7 Å². The van der Waals surface area contributed by atoms with Crippen molar-refractivity contribution in [1.29, 1.82) is 0 Å². The molecule has 0 heterocycles. The van der Waals surface area contributed by atoms with Gasteiger partial charge in [0.15, 0.2) is 5.78 Å². The second-order valence-electron chi connectivity index (χ2n) is 6.37. The summed E-state index contributed by atoms with van der Waals surface area (Å²) in [5, 5.41) is 0. The van der Waals surface area contributed by atoms with E-state index in [-0.39, 0.29) is 49.4 Å². The summed E-state index contributed by atoms with van der Waals surface area (Å²) in [6, 6.07) is 0. The molecule has 0 aliphatic rings. The number of hydrogen-bond acceptors (Lipinski definition) is 1. The van der Waals surface area contributed by atoms with E-state index in [1.807, 2.05) is 0 Å². The second kappa shape index (κ2) is 36.0. The molecule has 0 radical (unpaired) electrons. The molecule has 0 aliphatic heterocycles. The zero-order chi connectivity index (χ0) is 15.6. The van der Waals surface area contributed by atoms with Crippen LogP contribution < -0.4 is 0 Å². The molecule has 0 aliphatic carbocycles. The van der Waals surface area contributed by atoms with Gasteiger partial charge in [0.1, 0.15) is 0 Å². The van der Waals surface area contributed by atoms with E-state index in [1.54, 1.807) is 0 Å². The number of rotatable bonds is 17. The smallest absolute Gasteiger partial charge is 0.155 e. The first-order valence-electron chi connectivity index (χ1n) is 9.46. The van der Waals surface area contributed by atoms with Crippen LogP contribution in [0.15, 0.2) is 12.7 Å². The quantitative estimate of drug-likeness (QED) is 0.200. The van der Waals surface area contributed by atoms with Gasteiger partial charge in [0.25, 0.3) is 0 Å². The first kappa shape index (κ1) is 40.6. The Morgan fingerprint density at radius 1 is 0.615 bits per heavy atom. The Balaban J connectivity index is -0.000000200. The van der Waals surface area contributed by atoms with Crippen molar-refractivity contribution >= 4 is 5.78 Å². The van der Waals surface area contributed by atoms with Gasteiger partial charge >= 0.3 is 0 Å². The van der Waals surface area contributed by atoms with E-state index >= 15 is 0 Å². The fourth-order valence-electron chi connectivity index (χ4n) is 2.77. The van der Waals surface area contributed by atoms with Crippen LogP contribution in [0.25, 0.3) is 0 Å². The molecular formula is C20H46O5Ti. The van der Waals surface area contributed by atoms with Crippen molar-refractivity contribution in [3.63, 3.8) is 0 Å². The van der Waals surface area contributed by atoms with Gasteiger partial charge in [-0.1, -0.05) is 103 Å². The molecule has 6 heteroatoms. The molecule has 26 heavy (non-hydrogen) atoms. The molecule has 0 aromatic rings. The normalized spacial score (nSPS) is 8.65. The molecule has 0 aromatic heterocycles. The molecule has 0 bridgehead atoms. The monoisotopic (exact) mass is 414 g/mol. The van der Waals surface area contributed by atoms with Gasteiger partial charge in [-0.05, 0) is 12.5 Å². The SMILES string of the molecule is C=CC(=O)CCCCCCCCCCCCCCCCC.O.O.O.O.[Ti]. The van der Waals surface area contributed by atoms with E-state index in [0.717, 1.165) is 6.42 Å². The van der Waals surface area contributed by atoms with Gasteiger partial charge in [0.2, 0.25) is 0 Å². The topological polar surface area (TPSA) is 143 Å².